The third-order valence-corrected chi connectivity index (χ3v) is 1.65. The molecule has 0 bridgehead atoms. The highest BCUT2D eigenvalue weighted by Crippen LogP contribution is 2.13. The van der Waals surface area contributed by atoms with Crippen molar-refractivity contribution in [3.05, 3.63) is 34.1 Å². The summed E-state index contributed by atoms with van der Waals surface area (Å²) in [5, 5.41) is 10.2. The van der Waals surface area contributed by atoms with E-state index in [2.05, 4.69) is 4.98 Å². The Kier molecular flexibility index (Phi) is 2.69. The van der Waals surface area contributed by atoms with Crippen LogP contribution in [0.25, 0.3) is 0 Å². The third kappa shape index (κ3) is 2.08. The smallest absolute Gasteiger partial charge is 0.287 e. The molecule has 0 radical (unpaired) electrons. The Morgan fingerprint density at radius 2 is 2.31 bits per heavy atom. The summed E-state index contributed by atoms with van der Waals surface area (Å²) in [6.45, 7) is 1.68. The molecule has 1 aromatic heterocycles. The number of carbonyl (C=O) groups excluding carboxylic acids is 1. The van der Waals surface area contributed by atoms with Gasteiger partial charge in [0.1, 0.15) is 12.5 Å². The standard InChI is InChI=1S/C8H8N2O3/c1-6(5-11)8-3-2-7(4-9-8)10(12)13/h2-6H,1H3. The lowest BCUT2D eigenvalue weighted by molar-refractivity contribution is -0.385. The molecule has 0 saturated heterocycles. The quantitative estimate of drug-likeness (QED) is 0.399. The molecule has 0 N–H and O–H groups in total. The maximum atomic E-state index is 10.4. The predicted octanol–water partition coefficient (Wildman–Crippen LogP) is 1.29. The van der Waals surface area contributed by atoms with Crippen LogP contribution in [0.15, 0.2) is 18.3 Å². The van der Waals surface area contributed by atoms with Gasteiger partial charge in [0.25, 0.3) is 5.69 Å². The zero-order valence-electron chi connectivity index (χ0n) is 7.01. The van der Waals surface area contributed by atoms with E-state index < -0.39 is 4.92 Å². The zero-order chi connectivity index (χ0) is 9.84. The van der Waals surface area contributed by atoms with Gasteiger partial charge in [0.05, 0.1) is 16.5 Å². The molecular weight excluding hydrogens is 172 g/mol. The molecule has 0 aliphatic rings. The van der Waals surface area contributed by atoms with Crippen molar-refractivity contribution in [1.29, 1.82) is 0 Å². The molecule has 0 fully saturated rings. The van der Waals surface area contributed by atoms with Gasteiger partial charge in [-0.2, -0.15) is 0 Å². The number of nitro groups is 1. The van der Waals surface area contributed by atoms with E-state index in [1.807, 2.05) is 0 Å². The van der Waals surface area contributed by atoms with Crippen LogP contribution < -0.4 is 0 Å². The van der Waals surface area contributed by atoms with Crippen LogP contribution in [0.4, 0.5) is 5.69 Å². The number of aldehydes is 1. The van der Waals surface area contributed by atoms with Gasteiger partial charge >= 0.3 is 0 Å². The SMILES string of the molecule is CC(C=O)c1ccc([N+](=O)[O-])cn1. The summed E-state index contributed by atoms with van der Waals surface area (Å²) in [5.74, 6) is -0.319. The van der Waals surface area contributed by atoms with E-state index in [0.29, 0.717) is 5.69 Å². The Morgan fingerprint density at radius 1 is 1.62 bits per heavy atom. The minimum atomic E-state index is -0.525. The van der Waals surface area contributed by atoms with Gasteiger partial charge < -0.3 is 4.79 Å². The van der Waals surface area contributed by atoms with Gasteiger partial charge in [-0.15, -0.1) is 0 Å². The normalized spacial score (nSPS) is 12.1. The summed E-state index contributed by atoms with van der Waals surface area (Å²) >= 11 is 0. The topological polar surface area (TPSA) is 73.1 Å². The van der Waals surface area contributed by atoms with E-state index in [1.54, 1.807) is 6.92 Å². The van der Waals surface area contributed by atoms with Crippen molar-refractivity contribution < 1.29 is 9.72 Å². The van der Waals surface area contributed by atoms with Gasteiger partial charge in [-0.05, 0) is 6.07 Å². The van der Waals surface area contributed by atoms with Crippen molar-refractivity contribution in [3.8, 4) is 0 Å². The first-order chi connectivity index (χ1) is 6.15. The van der Waals surface area contributed by atoms with Crippen LogP contribution in [0.3, 0.4) is 0 Å². The fourth-order valence-corrected chi connectivity index (χ4v) is 0.845. The molecule has 0 spiro atoms. The maximum Gasteiger partial charge on any atom is 0.287 e. The van der Waals surface area contributed by atoms with Crippen LogP contribution in [0.2, 0.25) is 0 Å². The van der Waals surface area contributed by atoms with Crippen LogP contribution in [0.1, 0.15) is 18.5 Å². The lowest BCUT2D eigenvalue weighted by Gasteiger charge is -2.00. The Hall–Kier alpha value is -1.78. The molecule has 0 aromatic carbocycles. The summed E-state index contributed by atoms with van der Waals surface area (Å²) < 4.78 is 0. The third-order valence-electron chi connectivity index (χ3n) is 1.65. The van der Waals surface area contributed by atoms with Crippen molar-refractivity contribution in [2.24, 2.45) is 0 Å². The molecule has 5 heteroatoms. The number of aromatic nitrogens is 1. The van der Waals surface area contributed by atoms with Crippen molar-refractivity contribution in [2.45, 2.75) is 12.8 Å². The highest BCUT2D eigenvalue weighted by molar-refractivity contribution is 5.60. The second-order valence-electron chi connectivity index (χ2n) is 2.62. The average molecular weight is 180 g/mol. The van der Waals surface area contributed by atoms with Gasteiger partial charge in [0.15, 0.2) is 0 Å². The lowest BCUT2D eigenvalue weighted by atomic mass is 10.1. The van der Waals surface area contributed by atoms with E-state index in [1.165, 1.54) is 12.1 Å². The number of pyridine rings is 1. The number of nitrogens with zero attached hydrogens (tertiary/aromatic N) is 2. The molecule has 0 amide bonds. The molecule has 0 saturated carbocycles. The molecule has 0 aliphatic carbocycles. The summed E-state index contributed by atoms with van der Waals surface area (Å²) in [7, 11) is 0. The molecule has 1 aromatic rings. The number of carbonyl (C=O) groups is 1. The molecule has 13 heavy (non-hydrogen) atoms. The Morgan fingerprint density at radius 3 is 2.69 bits per heavy atom. The molecule has 1 rings (SSSR count). The summed E-state index contributed by atoms with van der Waals surface area (Å²) in [5.41, 5.74) is 0.474. The van der Waals surface area contributed by atoms with Gasteiger partial charge in [-0.1, -0.05) is 6.92 Å². The molecule has 1 unspecified atom stereocenters. The van der Waals surface area contributed by atoms with Crippen LogP contribution in [0.5, 0.6) is 0 Å². The summed E-state index contributed by atoms with van der Waals surface area (Å²) in [4.78, 5) is 23.9. The number of rotatable bonds is 3. The van der Waals surface area contributed by atoms with E-state index in [9.17, 15) is 14.9 Å². The van der Waals surface area contributed by atoms with Crippen molar-refractivity contribution in [3.63, 3.8) is 0 Å². The highest BCUT2D eigenvalue weighted by Gasteiger charge is 2.08. The summed E-state index contributed by atoms with van der Waals surface area (Å²) in [6, 6.07) is 2.82. The predicted molar refractivity (Wildman–Crippen MR) is 45.4 cm³/mol. The van der Waals surface area contributed by atoms with Gasteiger partial charge in [-0.25, -0.2) is 0 Å². The number of hydrogen-bond acceptors (Lipinski definition) is 4. The first-order valence-electron chi connectivity index (χ1n) is 3.70. The van der Waals surface area contributed by atoms with Crippen molar-refractivity contribution >= 4 is 12.0 Å². The monoisotopic (exact) mass is 180 g/mol. The van der Waals surface area contributed by atoms with Crippen LogP contribution >= 0.6 is 0 Å². The molecule has 1 atom stereocenters. The minimum absolute atomic E-state index is 0.0677. The average Bonchev–Trinajstić information content (AvgIpc) is 2.17. The molecule has 0 aliphatic heterocycles. The Balaban J connectivity index is 2.93. The van der Waals surface area contributed by atoms with Crippen molar-refractivity contribution in [2.75, 3.05) is 0 Å². The highest BCUT2D eigenvalue weighted by atomic mass is 16.6. The largest absolute Gasteiger partial charge is 0.303 e. The van der Waals surface area contributed by atoms with Gasteiger partial charge in [0.2, 0.25) is 0 Å². The second kappa shape index (κ2) is 3.75. The Labute approximate surface area is 74.6 Å². The first kappa shape index (κ1) is 9.31. The van der Waals surface area contributed by atoms with E-state index in [0.717, 1.165) is 12.5 Å². The molecule has 68 valence electrons. The van der Waals surface area contributed by atoms with Gasteiger partial charge in [-0.3, -0.25) is 15.1 Å². The second-order valence-corrected chi connectivity index (χ2v) is 2.62. The van der Waals surface area contributed by atoms with Crippen LogP contribution in [-0.4, -0.2) is 16.2 Å². The van der Waals surface area contributed by atoms with Crippen LogP contribution in [-0.2, 0) is 4.79 Å². The lowest BCUT2D eigenvalue weighted by Crippen LogP contribution is -1.98. The van der Waals surface area contributed by atoms with E-state index in [4.69, 9.17) is 0 Å². The van der Waals surface area contributed by atoms with Gasteiger partial charge in [0, 0.05) is 6.07 Å². The van der Waals surface area contributed by atoms with E-state index in [-0.39, 0.29) is 11.6 Å². The van der Waals surface area contributed by atoms with Crippen LogP contribution in [0, 0.1) is 10.1 Å². The summed E-state index contributed by atoms with van der Waals surface area (Å²) in [6.07, 6.45) is 1.89. The molecule has 5 nitrogen and oxygen atoms in total. The van der Waals surface area contributed by atoms with E-state index >= 15 is 0 Å². The fraction of sp³-hybridized carbons (Fsp3) is 0.250. The van der Waals surface area contributed by atoms with Crippen molar-refractivity contribution in [1.82, 2.24) is 4.98 Å². The zero-order valence-corrected chi connectivity index (χ0v) is 7.01. The molecule has 1 heterocycles. The minimum Gasteiger partial charge on any atom is -0.303 e. The Bertz CT molecular complexity index is 321. The molecular formula is C8H8N2O3. The fourth-order valence-electron chi connectivity index (χ4n) is 0.845. The maximum absolute atomic E-state index is 10.4. The first-order valence-corrected chi connectivity index (χ1v) is 3.70. The number of hydrogen-bond donors (Lipinski definition) is 0.